The molecule has 0 aromatic carbocycles. The van der Waals surface area contributed by atoms with E-state index in [-0.39, 0.29) is 23.7 Å². The maximum atomic E-state index is 12.5. The van der Waals surface area contributed by atoms with Crippen LogP contribution in [0.5, 0.6) is 0 Å². The zero-order valence-corrected chi connectivity index (χ0v) is 11.6. The van der Waals surface area contributed by atoms with Crippen LogP contribution in [0.15, 0.2) is 18.3 Å². The second-order valence-electron chi connectivity index (χ2n) is 5.46. The van der Waals surface area contributed by atoms with Crippen molar-refractivity contribution >= 4 is 23.6 Å². The van der Waals surface area contributed by atoms with Crippen LogP contribution in [0.2, 0.25) is 0 Å². The Morgan fingerprint density at radius 3 is 2.60 bits per heavy atom. The molecule has 6 nitrogen and oxygen atoms in total. The number of anilines is 1. The van der Waals surface area contributed by atoms with Gasteiger partial charge < -0.3 is 5.11 Å². The smallest absolute Gasteiger partial charge is 0.339 e. The summed E-state index contributed by atoms with van der Waals surface area (Å²) in [5.74, 6) is -2.14. The van der Waals surface area contributed by atoms with E-state index in [1.165, 1.54) is 18.3 Å². The Labute approximate surface area is 116 Å². The number of carboxylic acids is 1. The van der Waals surface area contributed by atoms with E-state index in [1.807, 2.05) is 13.8 Å². The van der Waals surface area contributed by atoms with Gasteiger partial charge in [-0.1, -0.05) is 13.8 Å². The van der Waals surface area contributed by atoms with Gasteiger partial charge in [-0.3, -0.25) is 9.59 Å². The molecule has 106 valence electrons. The number of carboxylic acid groups (broad SMARTS) is 1. The summed E-state index contributed by atoms with van der Waals surface area (Å²) in [4.78, 5) is 40.7. The van der Waals surface area contributed by atoms with Gasteiger partial charge in [0.05, 0.1) is 5.41 Å². The van der Waals surface area contributed by atoms with Crippen molar-refractivity contribution in [2.45, 2.75) is 27.2 Å². The monoisotopic (exact) mass is 276 g/mol. The second kappa shape index (κ2) is 4.70. The minimum Gasteiger partial charge on any atom is -0.478 e. The van der Waals surface area contributed by atoms with E-state index in [1.54, 1.807) is 6.92 Å². The van der Waals surface area contributed by atoms with Crippen LogP contribution in [0.3, 0.4) is 0 Å². The van der Waals surface area contributed by atoms with E-state index in [0.717, 1.165) is 4.90 Å². The molecule has 0 radical (unpaired) electrons. The molecule has 0 aliphatic carbocycles. The van der Waals surface area contributed by atoms with E-state index < -0.39 is 23.2 Å². The van der Waals surface area contributed by atoms with Gasteiger partial charge in [-0.05, 0) is 25.0 Å². The highest BCUT2D eigenvalue weighted by molar-refractivity contribution is 6.23. The molecule has 0 bridgehead atoms. The standard InChI is InChI=1S/C14H16N2O4/c1-8(2)14(3)7-10(17)16(13(14)20)11-9(12(18)19)5-4-6-15-11/h4-6,8H,7H2,1-3H3,(H,18,19). The number of hydrogen-bond donors (Lipinski definition) is 1. The lowest BCUT2D eigenvalue weighted by molar-refractivity contribution is -0.126. The number of rotatable bonds is 3. The van der Waals surface area contributed by atoms with Crippen LogP contribution in [0, 0.1) is 11.3 Å². The number of carbonyl (C=O) groups excluding carboxylic acids is 2. The maximum absolute atomic E-state index is 12.5. The van der Waals surface area contributed by atoms with Crippen LogP contribution < -0.4 is 4.90 Å². The summed E-state index contributed by atoms with van der Waals surface area (Å²) in [6.45, 7) is 5.46. The van der Waals surface area contributed by atoms with Crippen molar-refractivity contribution in [3.63, 3.8) is 0 Å². The lowest BCUT2D eigenvalue weighted by Gasteiger charge is -2.25. The number of aromatic carboxylic acids is 1. The highest BCUT2D eigenvalue weighted by atomic mass is 16.4. The zero-order chi connectivity index (χ0) is 15.1. The van der Waals surface area contributed by atoms with Gasteiger partial charge in [-0.15, -0.1) is 0 Å². The van der Waals surface area contributed by atoms with Crippen LogP contribution in [-0.4, -0.2) is 27.9 Å². The van der Waals surface area contributed by atoms with Crippen LogP contribution in [0.4, 0.5) is 5.82 Å². The quantitative estimate of drug-likeness (QED) is 0.849. The van der Waals surface area contributed by atoms with Gasteiger partial charge >= 0.3 is 5.97 Å². The van der Waals surface area contributed by atoms with Crippen molar-refractivity contribution in [2.24, 2.45) is 11.3 Å². The molecular weight excluding hydrogens is 260 g/mol. The Hall–Kier alpha value is -2.24. The molecule has 20 heavy (non-hydrogen) atoms. The number of carbonyl (C=O) groups is 3. The van der Waals surface area contributed by atoms with Crippen LogP contribution in [0.25, 0.3) is 0 Å². The van der Waals surface area contributed by atoms with E-state index in [4.69, 9.17) is 5.11 Å². The summed E-state index contributed by atoms with van der Waals surface area (Å²) in [5.41, 5.74) is -0.966. The summed E-state index contributed by atoms with van der Waals surface area (Å²) in [6, 6.07) is 2.79. The number of aromatic nitrogens is 1. The molecule has 1 aliphatic rings. The average molecular weight is 276 g/mol. The van der Waals surface area contributed by atoms with Crippen molar-refractivity contribution < 1.29 is 19.5 Å². The number of nitrogens with zero attached hydrogens (tertiary/aromatic N) is 2. The Morgan fingerprint density at radius 1 is 1.45 bits per heavy atom. The van der Waals surface area contributed by atoms with E-state index >= 15 is 0 Å². The van der Waals surface area contributed by atoms with Crippen molar-refractivity contribution in [3.05, 3.63) is 23.9 Å². The fourth-order valence-electron chi connectivity index (χ4n) is 2.24. The molecule has 1 atom stereocenters. The van der Waals surface area contributed by atoms with Gasteiger partial charge in [0.15, 0.2) is 5.82 Å². The number of imide groups is 1. The second-order valence-corrected chi connectivity index (χ2v) is 5.46. The predicted molar refractivity (Wildman–Crippen MR) is 71.3 cm³/mol. The molecule has 1 fully saturated rings. The van der Waals surface area contributed by atoms with Gasteiger partial charge in [0, 0.05) is 12.6 Å². The summed E-state index contributed by atoms with van der Waals surface area (Å²) < 4.78 is 0. The molecule has 1 saturated heterocycles. The Morgan fingerprint density at radius 2 is 2.10 bits per heavy atom. The third-order valence-electron chi connectivity index (χ3n) is 3.96. The molecule has 1 unspecified atom stereocenters. The third kappa shape index (κ3) is 1.97. The highest BCUT2D eigenvalue weighted by Gasteiger charge is 2.51. The number of amides is 2. The van der Waals surface area contributed by atoms with E-state index in [0.29, 0.717) is 0 Å². The van der Waals surface area contributed by atoms with Gasteiger partial charge in [0.2, 0.25) is 11.8 Å². The number of hydrogen-bond acceptors (Lipinski definition) is 4. The molecule has 2 amide bonds. The van der Waals surface area contributed by atoms with Gasteiger partial charge in [0.1, 0.15) is 5.56 Å². The van der Waals surface area contributed by atoms with Crippen LogP contribution in [-0.2, 0) is 9.59 Å². The minimum absolute atomic E-state index is 0.0269. The number of pyridine rings is 1. The Bertz CT molecular complexity index is 597. The summed E-state index contributed by atoms with van der Waals surface area (Å²) in [7, 11) is 0. The Kier molecular flexibility index (Phi) is 3.33. The molecule has 1 N–H and O–H groups in total. The molecule has 1 aliphatic heterocycles. The van der Waals surface area contributed by atoms with Gasteiger partial charge in [-0.25, -0.2) is 14.7 Å². The molecule has 6 heteroatoms. The first-order valence-corrected chi connectivity index (χ1v) is 6.34. The fraction of sp³-hybridized carbons (Fsp3) is 0.429. The predicted octanol–water partition coefficient (Wildman–Crippen LogP) is 1.71. The fourth-order valence-corrected chi connectivity index (χ4v) is 2.24. The van der Waals surface area contributed by atoms with Crippen molar-refractivity contribution in [3.8, 4) is 0 Å². The van der Waals surface area contributed by atoms with Gasteiger partial charge in [0.25, 0.3) is 0 Å². The van der Waals surface area contributed by atoms with E-state index in [9.17, 15) is 14.4 Å². The van der Waals surface area contributed by atoms with Crippen molar-refractivity contribution in [2.75, 3.05) is 4.90 Å². The molecule has 1 aromatic rings. The Balaban J connectivity index is 2.52. The van der Waals surface area contributed by atoms with Gasteiger partial charge in [-0.2, -0.15) is 0 Å². The normalized spacial score (nSPS) is 22.7. The first-order chi connectivity index (χ1) is 9.29. The largest absolute Gasteiger partial charge is 0.478 e. The third-order valence-corrected chi connectivity index (χ3v) is 3.96. The summed E-state index contributed by atoms with van der Waals surface area (Å²) in [5, 5.41) is 9.15. The van der Waals surface area contributed by atoms with Crippen LogP contribution >= 0.6 is 0 Å². The van der Waals surface area contributed by atoms with E-state index in [2.05, 4.69) is 4.98 Å². The first-order valence-electron chi connectivity index (χ1n) is 6.34. The summed E-state index contributed by atoms with van der Waals surface area (Å²) in [6.07, 6.45) is 1.44. The van der Waals surface area contributed by atoms with Crippen molar-refractivity contribution in [1.29, 1.82) is 0 Å². The molecule has 1 aromatic heterocycles. The zero-order valence-electron chi connectivity index (χ0n) is 11.6. The SMILES string of the molecule is CC(C)C1(C)CC(=O)N(c2ncccc2C(=O)O)C1=O. The molecule has 0 spiro atoms. The molecule has 0 saturated carbocycles. The summed E-state index contributed by atoms with van der Waals surface area (Å²) >= 11 is 0. The highest BCUT2D eigenvalue weighted by Crippen LogP contribution is 2.41. The lowest BCUT2D eigenvalue weighted by Crippen LogP contribution is -2.38. The molecule has 2 heterocycles. The molecular formula is C14H16N2O4. The first kappa shape index (κ1) is 14.2. The lowest BCUT2D eigenvalue weighted by atomic mass is 9.78. The topological polar surface area (TPSA) is 87.6 Å². The minimum atomic E-state index is -1.22. The van der Waals surface area contributed by atoms with Crippen LogP contribution in [0.1, 0.15) is 37.6 Å². The van der Waals surface area contributed by atoms with Crippen molar-refractivity contribution in [1.82, 2.24) is 4.98 Å². The average Bonchev–Trinajstić information content (AvgIpc) is 2.61. The maximum Gasteiger partial charge on any atom is 0.339 e. The molecule has 2 rings (SSSR count).